The molecule has 0 radical (unpaired) electrons. The minimum absolute atomic E-state index is 0.0657. The van der Waals surface area contributed by atoms with Crippen LogP contribution in [0.1, 0.15) is 18.9 Å². The van der Waals surface area contributed by atoms with Crippen molar-refractivity contribution < 1.29 is 9.66 Å². The van der Waals surface area contributed by atoms with Gasteiger partial charge in [0.25, 0.3) is 0 Å². The summed E-state index contributed by atoms with van der Waals surface area (Å²) in [6.45, 7) is 6.01. The van der Waals surface area contributed by atoms with Gasteiger partial charge >= 0.3 is 5.69 Å². The molecule has 0 amide bonds. The Morgan fingerprint density at radius 2 is 2.24 bits per heavy atom. The van der Waals surface area contributed by atoms with E-state index in [4.69, 9.17) is 4.74 Å². The second-order valence-electron chi connectivity index (χ2n) is 3.73. The normalized spacial score (nSPS) is 10.2. The first-order valence-corrected chi connectivity index (χ1v) is 5.74. The predicted molar refractivity (Wildman–Crippen MR) is 66.5 cm³/mol. The number of nitrogens with one attached hydrogen (secondary N) is 1. The topological polar surface area (TPSA) is 64.4 Å². The maximum Gasteiger partial charge on any atom is 0.313 e. The van der Waals surface area contributed by atoms with Crippen molar-refractivity contribution in [1.29, 1.82) is 0 Å². The molecular weight excluding hydrogens is 220 g/mol. The van der Waals surface area contributed by atoms with Crippen molar-refractivity contribution in [2.24, 2.45) is 0 Å². The van der Waals surface area contributed by atoms with Gasteiger partial charge in [-0.1, -0.05) is 19.1 Å². The van der Waals surface area contributed by atoms with Gasteiger partial charge in [-0.15, -0.1) is 0 Å². The zero-order chi connectivity index (χ0) is 12.7. The second-order valence-corrected chi connectivity index (χ2v) is 3.73. The van der Waals surface area contributed by atoms with Crippen molar-refractivity contribution >= 4 is 5.69 Å². The molecule has 0 bridgehead atoms. The Morgan fingerprint density at radius 1 is 1.47 bits per heavy atom. The van der Waals surface area contributed by atoms with E-state index in [1.54, 1.807) is 25.1 Å². The highest BCUT2D eigenvalue weighted by Crippen LogP contribution is 2.29. The Morgan fingerprint density at radius 3 is 2.88 bits per heavy atom. The molecule has 0 heterocycles. The summed E-state index contributed by atoms with van der Waals surface area (Å²) in [5, 5.41) is 14.1. The van der Waals surface area contributed by atoms with Crippen LogP contribution in [0.25, 0.3) is 0 Å². The number of rotatable bonds is 7. The minimum atomic E-state index is -0.394. The molecule has 0 saturated carbocycles. The van der Waals surface area contributed by atoms with Crippen LogP contribution in [0.2, 0.25) is 0 Å². The third kappa shape index (κ3) is 4.03. The van der Waals surface area contributed by atoms with E-state index in [0.717, 1.165) is 19.5 Å². The first kappa shape index (κ1) is 13.4. The molecule has 5 nitrogen and oxygen atoms in total. The van der Waals surface area contributed by atoms with Crippen LogP contribution in [0, 0.1) is 17.0 Å². The minimum Gasteiger partial charge on any atom is -0.487 e. The number of hydrogen-bond donors (Lipinski definition) is 1. The first-order valence-electron chi connectivity index (χ1n) is 5.74. The molecule has 0 spiro atoms. The molecule has 1 aromatic rings. The number of nitro benzene ring substituents is 1. The van der Waals surface area contributed by atoms with Gasteiger partial charge in [0.1, 0.15) is 0 Å². The fourth-order valence-corrected chi connectivity index (χ4v) is 1.54. The van der Waals surface area contributed by atoms with Gasteiger partial charge in [-0.05, 0) is 32.5 Å². The zero-order valence-corrected chi connectivity index (χ0v) is 10.2. The van der Waals surface area contributed by atoms with Crippen molar-refractivity contribution in [3.63, 3.8) is 0 Å². The lowest BCUT2D eigenvalue weighted by Gasteiger charge is -2.08. The molecule has 0 unspecified atom stereocenters. The summed E-state index contributed by atoms with van der Waals surface area (Å²) in [6, 6.07) is 5.12. The van der Waals surface area contributed by atoms with Crippen molar-refractivity contribution in [2.75, 3.05) is 19.7 Å². The number of nitrogens with zero attached hydrogens (tertiary/aromatic N) is 1. The Kier molecular flexibility index (Phi) is 5.42. The van der Waals surface area contributed by atoms with Crippen LogP contribution in [0.4, 0.5) is 5.69 Å². The highest BCUT2D eigenvalue weighted by Gasteiger charge is 2.17. The molecule has 0 aliphatic heterocycles. The lowest BCUT2D eigenvalue weighted by molar-refractivity contribution is -0.386. The fraction of sp³-hybridized carbons (Fsp3) is 0.500. The molecule has 5 heteroatoms. The lowest BCUT2D eigenvalue weighted by Crippen LogP contribution is -2.16. The van der Waals surface area contributed by atoms with Crippen LogP contribution < -0.4 is 10.1 Å². The molecule has 0 aliphatic carbocycles. The van der Waals surface area contributed by atoms with E-state index < -0.39 is 4.92 Å². The van der Waals surface area contributed by atoms with E-state index >= 15 is 0 Å². The highest BCUT2D eigenvalue weighted by molar-refractivity contribution is 5.51. The summed E-state index contributed by atoms with van der Waals surface area (Å²) in [5.41, 5.74) is 0.690. The van der Waals surface area contributed by atoms with Gasteiger partial charge in [-0.25, -0.2) is 0 Å². The van der Waals surface area contributed by atoms with Gasteiger partial charge in [0.15, 0.2) is 5.75 Å². The first-order chi connectivity index (χ1) is 8.16. The van der Waals surface area contributed by atoms with Crippen LogP contribution in [0.15, 0.2) is 18.2 Å². The third-order valence-electron chi connectivity index (χ3n) is 2.39. The average molecular weight is 238 g/mol. The number of hydrogen-bond acceptors (Lipinski definition) is 4. The van der Waals surface area contributed by atoms with E-state index in [2.05, 4.69) is 5.32 Å². The van der Waals surface area contributed by atoms with Gasteiger partial charge in [0.2, 0.25) is 0 Å². The van der Waals surface area contributed by atoms with Crippen LogP contribution in [-0.2, 0) is 0 Å². The number of ether oxygens (including phenoxy) is 1. The van der Waals surface area contributed by atoms with Gasteiger partial charge in [0, 0.05) is 5.56 Å². The summed E-state index contributed by atoms with van der Waals surface area (Å²) in [5.74, 6) is 0.353. The number of para-hydroxylation sites is 1. The number of nitro groups is 1. The van der Waals surface area contributed by atoms with E-state index in [9.17, 15) is 10.1 Å². The third-order valence-corrected chi connectivity index (χ3v) is 2.39. The van der Waals surface area contributed by atoms with Gasteiger partial charge in [-0.3, -0.25) is 10.1 Å². The molecule has 0 saturated heterocycles. The van der Waals surface area contributed by atoms with E-state index in [1.807, 2.05) is 6.92 Å². The Bertz CT molecular complexity index is 380. The molecular formula is C12H18N2O3. The van der Waals surface area contributed by atoms with Crippen molar-refractivity contribution in [2.45, 2.75) is 20.3 Å². The largest absolute Gasteiger partial charge is 0.487 e. The molecule has 1 rings (SSSR count). The van der Waals surface area contributed by atoms with Gasteiger partial charge < -0.3 is 10.1 Å². The molecule has 0 aromatic heterocycles. The second kappa shape index (κ2) is 6.85. The molecule has 1 N–H and O–H groups in total. The standard InChI is InChI=1S/C12H18N2O3/c1-3-13-8-5-9-17-11-7-4-6-10(2)12(11)14(15)16/h4,6-7,13H,3,5,8-9H2,1-2H3. The Balaban J connectivity index is 2.58. The number of aryl methyl sites for hydroxylation is 1. The number of benzene rings is 1. The van der Waals surface area contributed by atoms with Gasteiger partial charge in [0.05, 0.1) is 11.5 Å². The highest BCUT2D eigenvalue weighted by atomic mass is 16.6. The quantitative estimate of drug-likeness (QED) is 0.449. The molecule has 1 aromatic carbocycles. The Labute approximate surface area is 101 Å². The molecule has 17 heavy (non-hydrogen) atoms. The van der Waals surface area contributed by atoms with Gasteiger partial charge in [-0.2, -0.15) is 0 Å². The molecule has 0 fully saturated rings. The monoisotopic (exact) mass is 238 g/mol. The maximum atomic E-state index is 10.9. The summed E-state index contributed by atoms with van der Waals surface area (Å²) in [4.78, 5) is 10.5. The Hall–Kier alpha value is -1.62. The van der Waals surface area contributed by atoms with Crippen molar-refractivity contribution in [3.8, 4) is 5.75 Å². The van der Waals surface area contributed by atoms with E-state index in [0.29, 0.717) is 17.9 Å². The zero-order valence-electron chi connectivity index (χ0n) is 10.2. The summed E-state index contributed by atoms with van der Waals surface area (Å²) in [6.07, 6.45) is 0.832. The maximum absolute atomic E-state index is 10.9. The average Bonchev–Trinajstić information content (AvgIpc) is 2.28. The van der Waals surface area contributed by atoms with Crippen LogP contribution in [-0.4, -0.2) is 24.6 Å². The summed E-state index contributed by atoms with van der Waals surface area (Å²) in [7, 11) is 0. The molecule has 0 aliphatic rings. The smallest absolute Gasteiger partial charge is 0.313 e. The van der Waals surface area contributed by atoms with Crippen LogP contribution in [0.3, 0.4) is 0 Å². The van der Waals surface area contributed by atoms with Crippen molar-refractivity contribution in [3.05, 3.63) is 33.9 Å². The fourth-order valence-electron chi connectivity index (χ4n) is 1.54. The van der Waals surface area contributed by atoms with Crippen LogP contribution in [0.5, 0.6) is 5.75 Å². The summed E-state index contributed by atoms with van der Waals surface area (Å²) >= 11 is 0. The lowest BCUT2D eigenvalue weighted by atomic mass is 10.2. The summed E-state index contributed by atoms with van der Waals surface area (Å²) < 4.78 is 5.44. The van der Waals surface area contributed by atoms with E-state index in [-0.39, 0.29) is 5.69 Å². The van der Waals surface area contributed by atoms with E-state index in [1.165, 1.54) is 0 Å². The molecule has 94 valence electrons. The SMILES string of the molecule is CCNCCCOc1cccc(C)c1[N+](=O)[O-]. The predicted octanol–water partition coefficient (Wildman–Crippen LogP) is 2.28. The molecule has 0 atom stereocenters. The van der Waals surface area contributed by atoms with Crippen LogP contribution >= 0.6 is 0 Å². The van der Waals surface area contributed by atoms with Crippen molar-refractivity contribution in [1.82, 2.24) is 5.32 Å².